The Kier molecular flexibility index (Phi) is 2.87. The van der Waals surface area contributed by atoms with Crippen molar-refractivity contribution < 1.29 is 13.2 Å². The summed E-state index contributed by atoms with van der Waals surface area (Å²) in [5.41, 5.74) is 5.75. The summed E-state index contributed by atoms with van der Waals surface area (Å²) in [6.45, 7) is 1.94. The average molecular weight is 257 g/mol. The van der Waals surface area contributed by atoms with E-state index in [1.165, 1.54) is 17.4 Å². The fourth-order valence-corrected chi connectivity index (χ4v) is 2.46. The first kappa shape index (κ1) is 12.0. The van der Waals surface area contributed by atoms with Gasteiger partial charge < -0.3 is 5.73 Å². The summed E-state index contributed by atoms with van der Waals surface area (Å²) in [6.07, 6.45) is -4.35. The predicted molar refractivity (Wildman–Crippen MR) is 63.9 cm³/mol. The van der Waals surface area contributed by atoms with Crippen LogP contribution in [-0.4, -0.2) is 0 Å². The molecule has 0 saturated carbocycles. The van der Waals surface area contributed by atoms with E-state index in [1.54, 1.807) is 0 Å². The fraction of sp³-hybridized carbons (Fsp3) is 0.167. The van der Waals surface area contributed by atoms with E-state index in [4.69, 9.17) is 5.73 Å². The monoisotopic (exact) mass is 257 g/mol. The van der Waals surface area contributed by atoms with Crippen molar-refractivity contribution in [3.63, 3.8) is 0 Å². The molecule has 2 aromatic rings. The van der Waals surface area contributed by atoms with Crippen molar-refractivity contribution in [2.45, 2.75) is 13.1 Å². The van der Waals surface area contributed by atoms with Gasteiger partial charge in [0, 0.05) is 21.0 Å². The first-order chi connectivity index (χ1) is 7.88. The number of halogens is 3. The Hall–Kier alpha value is -1.49. The lowest BCUT2D eigenvalue weighted by molar-refractivity contribution is -0.137. The number of thiophene rings is 1. The van der Waals surface area contributed by atoms with Crippen molar-refractivity contribution in [2.24, 2.45) is 0 Å². The summed E-state index contributed by atoms with van der Waals surface area (Å²) in [6, 6.07) is 7.23. The van der Waals surface area contributed by atoms with Crippen LogP contribution in [0.3, 0.4) is 0 Å². The Morgan fingerprint density at radius 1 is 1.12 bits per heavy atom. The van der Waals surface area contributed by atoms with Gasteiger partial charge in [-0.1, -0.05) is 6.07 Å². The summed E-state index contributed by atoms with van der Waals surface area (Å²) >= 11 is 1.51. The van der Waals surface area contributed by atoms with Crippen LogP contribution in [0.4, 0.5) is 18.9 Å². The topological polar surface area (TPSA) is 26.0 Å². The van der Waals surface area contributed by atoms with E-state index in [-0.39, 0.29) is 5.69 Å². The van der Waals surface area contributed by atoms with Crippen molar-refractivity contribution in [3.8, 4) is 10.4 Å². The Balaban J connectivity index is 2.45. The first-order valence-corrected chi connectivity index (χ1v) is 5.73. The van der Waals surface area contributed by atoms with Crippen LogP contribution in [0.15, 0.2) is 30.3 Å². The molecule has 0 bridgehead atoms. The third kappa shape index (κ3) is 2.44. The molecule has 1 nitrogen and oxygen atoms in total. The Bertz CT molecular complexity index is 543. The van der Waals surface area contributed by atoms with Crippen LogP contribution in [0, 0.1) is 6.92 Å². The van der Waals surface area contributed by atoms with Crippen LogP contribution in [-0.2, 0) is 6.18 Å². The van der Waals surface area contributed by atoms with Gasteiger partial charge in [0.1, 0.15) is 0 Å². The minimum Gasteiger partial charge on any atom is -0.398 e. The number of alkyl halides is 3. The second-order valence-electron chi connectivity index (χ2n) is 3.71. The van der Waals surface area contributed by atoms with E-state index in [0.29, 0.717) is 5.56 Å². The van der Waals surface area contributed by atoms with Gasteiger partial charge in [0.15, 0.2) is 0 Å². The molecule has 0 atom stereocenters. The van der Waals surface area contributed by atoms with Crippen molar-refractivity contribution in [1.29, 1.82) is 0 Å². The Morgan fingerprint density at radius 2 is 1.82 bits per heavy atom. The van der Waals surface area contributed by atoms with Crippen LogP contribution in [0.5, 0.6) is 0 Å². The molecule has 2 rings (SSSR count). The summed E-state index contributed by atoms with van der Waals surface area (Å²) < 4.78 is 37.4. The average Bonchev–Trinajstić information content (AvgIpc) is 2.63. The third-order valence-corrected chi connectivity index (χ3v) is 3.42. The molecule has 90 valence electrons. The highest BCUT2D eigenvalue weighted by molar-refractivity contribution is 7.15. The van der Waals surface area contributed by atoms with Crippen LogP contribution in [0.2, 0.25) is 0 Å². The minimum absolute atomic E-state index is 0.154. The second-order valence-corrected chi connectivity index (χ2v) is 5.00. The molecule has 0 aliphatic rings. The second kappa shape index (κ2) is 4.07. The number of hydrogen-bond donors (Lipinski definition) is 1. The van der Waals surface area contributed by atoms with E-state index >= 15 is 0 Å². The maximum atomic E-state index is 12.5. The largest absolute Gasteiger partial charge is 0.416 e. The van der Waals surface area contributed by atoms with Gasteiger partial charge >= 0.3 is 6.18 Å². The highest BCUT2D eigenvalue weighted by Gasteiger charge is 2.30. The highest BCUT2D eigenvalue weighted by atomic mass is 32.1. The van der Waals surface area contributed by atoms with Gasteiger partial charge in [0.2, 0.25) is 0 Å². The molecule has 0 radical (unpaired) electrons. The maximum absolute atomic E-state index is 12.5. The number of hydrogen-bond acceptors (Lipinski definition) is 2. The number of nitrogens with two attached hydrogens (primary N) is 1. The fourth-order valence-electron chi connectivity index (χ4n) is 1.54. The first-order valence-electron chi connectivity index (χ1n) is 4.91. The summed E-state index contributed by atoms with van der Waals surface area (Å²) in [5, 5.41) is 0. The van der Waals surface area contributed by atoms with Crippen molar-refractivity contribution in [1.82, 2.24) is 0 Å². The minimum atomic E-state index is -4.35. The molecule has 1 aromatic carbocycles. The van der Waals surface area contributed by atoms with Crippen LogP contribution in [0.25, 0.3) is 10.4 Å². The van der Waals surface area contributed by atoms with E-state index < -0.39 is 11.7 Å². The zero-order valence-electron chi connectivity index (χ0n) is 9.01. The molecular weight excluding hydrogens is 247 g/mol. The smallest absolute Gasteiger partial charge is 0.398 e. The lowest BCUT2D eigenvalue weighted by Gasteiger charge is -2.09. The van der Waals surface area contributed by atoms with Gasteiger partial charge in [-0.05, 0) is 31.2 Å². The quantitative estimate of drug-likeness (QED) is 0.756. The van der Waals surface area contributed by atoms with Crippen molar-refractivity contribution >= 4 is 17.0 Å². The molecule has 2 N–H and O–H groups in total. The molecule has 5 heteroatoms. The molecule has 0 aliphatic heterocycles. The zero-order valence-corrected chi connectivity index (χ0v) is 9.82. The molecular formula is C12H10F3NS. The molecule has 1 heterocycles. The van der Waals surface area contributed by atoms with Gasteiger partial charge in [-0.25, -0.2) is 0 Å². The van der Waals surface area contributed by atoms with E-state index in [2.05, 4.69) is 0 Å². The predicted octanol–water partition coefficient (Wildman–Crippen LogP) is 4.32. The van der Waals surface area contributed by atoms with E-state index in [0.717, 1.165) is 21.9 Å². The summed E-state index contributed by atoms with van der Waals surface area (Å²) in [7, 11) is 0. The van der Waals surface area contributed by atoms with Gasteiger partial charge in [0.05, 0.1) is 5.56 Å². The molecule has 0 unspecified atom stereocenters. The molecule has 0 amide bonds. The Morgan fingerprint density at radius 3 is 2.29 bits per heavy atom. The third-order valence-electron chi connectivity index (χ3n) is 2.38. The number of benzene rings is 1. The van der Waals surface area contributed by atoms with Gasteiger partial charge in [0.25, 0.3) is 0 Å². The maximum Gasteiger partial charge on any atom is 0.416 e. The van der Waals surface area contributed by atoms with Gasteiger partial charge in [-0.3, -0.25) is 0 Å². The number of nitrogen functional groups attached to an aromatic ring is 1. The van der Waals surface area contributed by atoms with Gasteiger partial charge in [-0.15, -0.1) is 11.3 Å². The molecule has 0 saturated heterocycles. The number of anilines is 1. The lowest BCUT2D eigenvalue weighted by atomic mass is 10.1. The van der Waals surface area contributed by atoms with Crippen LogP contribution >= 0.6 is 11.3 Å². The van der Waals surface area contributed by atoms with E-state index in [9.17, 15) is 13.2 Å². The molecule has 0 fully saturated rings. The molecule has 0 aliphatic carbocycles. The van der Waals surface area contributed by atoms with Crippen LogP contribution < -0.4 is 5.73 Å². The molecule has 0 spiro atoms. The zero-order chi connectivity index (χ0) is 12.6. The normalized spacial score (nSPS) is 11.8. The standard InChI is InChI=1S/C12H10F3NS/c1-7-2-5-11(17-7)9-4-3-8(6-10(9)16)12(13,14)15/h2-6H,16H2,1H3. The van der Waals surface area contributed by atoms with Crippen LogP contribution in [0.1, 0.15) is 10.4 Å². The number of aryl methyl sites for hydroxylation is 1. The molecule has 1 aromatic heterocycles. The SMILES string of the molecule is Cc1ccc(-c2ccc(C(F)(F)F)cc2N)s1. The van der Waals surface area contributed by atoms with Crippen molar-refractivity contribution in [3.05, 3.63) is 40.8 Å². The summed E-state index contributed by atoms with van der Waals surface area (Å²) in [5.74, 6) is 0. The highest BCUT2D eigenvalue weighted by Crippen LogP contribution is 2.36. The summed E-state index contributed by atoms with van der Waals surface area (Å²) in [4.78, 5) is 1.98. The van der Waals surface area contributed by atoms with Crippen molar-refractivity contribution in [2.75, 3.05) is 5.73 Å². The Labute approximate surface area is 101 Å². The lowest BCUT2D eigenvalue weighted by Crippen LogP contribution is -2.05. The number of rotatable bonds is 1. The van der Waals surface area contributed by atoms with Gasteiger partial charge in [-0.2, -0.15) is 13.2 Å². The molecule has 17 heavy (non-hydrogen) atoms. The van der Waals surface area contributed by atoms with E-state index in [1.807, 2.05) is 19.1 Å².